The van der Waals surface area contributed by atoms with E-state index in [0.717, 1.165) is 37.8 Å². The van der Waals surface area contributed by atoms with E-state index >= 15 is 0 Å². The molecule has 1 aliphatic heterocycles. The number of hydrogen-bond donors (Lipinski definition) is 2. The van der Waals surface area contributed by atoms with Crippen molar-refractivity contribution in [3.8, 4) is 0 Å². The van der Waals surface area contributed by atoms with Crippen LogP contribution in [0.4, 0.5) is 5.82 Å². The number of aromatic nitrogens is 1. The minimum Gasteiger partial charge on any atom is -0.357 e. The summed E-state index contributed by atoms with van der Waals surface area (Å²) in [6, 6.07) is 9.00. The normalized spacial score (nSPS) is 15.7. The van der Waals surface area contributed by atoms with E-state index in [-0.39, 0.29) is 24.0 Å². The van der Waals surface area contributed by atoms with Gasteiger partial charge in [-0.2, -0.15) is 0 Å². The fourth-order valence-corrected chi connectivity index (χ4v) is 4.45. The van der Waals surface area contributed by atoms with Crippen LogP contribution in [-0.4, -0.2) is 37.1 Å². The Morgan fingerprint density at radius 3 is 2.71 bits per heavy atom. The lowest BCUT2D eigenvalue weighted by molar-refractivity contribution is 0.573. The zero-order valence-electron chi connectivity index (χ0n) is 17.1. The quantitative estimate of drug-likeness (QED) is 0.343. The van der Waals surface area contributed by atoms with Gasteiger partial charge < -0.3 is 15.5 Å². The van der Waals surface area contributed by atoms with Crippen molar-refractivity contribution in [2.75, 3.05) is 25.0 Å². The molecule has 5 nitrogen and oxygen atoms in total. The minimum atomic E-state index is 0. The van der Waals surface area contributed by atoms with E-state index in [4.69, 9.17) is 0 Å². The second-order valence-corrected chi connectivity index (χ2v) is 8.63. The van der Waals surface area contributed by atoms with E-state index < -0.39 is 0 Å². The number of nitrogens with zero attached hydrogens (tertiary/aromatic N) is 3. The first-order valence-electron chi connectivity index (χ1n) is 9.86. The van der Waals surface area contributed by atoms with Crippen molar-refractivity contribution < 1.29 is 0 Å². The second-order valence-electron chi connectivity index (χ2n) is 7.26. The number of pyridine rings is 1. The first-order chi connectivity index (χ1) is 13.1. The molecule has 0 aliphatic carbocycles. The Bertz CT molecular complexity index is 755. The van der Waals surface area contributed by atoms with Gasteiger partial charge in [-0.25, -0.2) is 4.98 Å². The Labute approximate surface area is 190 Å². The maximum atomic E-state index is 4.56. The van der Waals surface area contributed by atoms with E-state index in [0.29, 0.717) is 6.04 Å². The SMILES string of the molecule is CN=C(NCc1ccnc(N2CCCCC2)c1)NC(C)Cc1ccc(C)s1.I. The average molecular weight is 513 g/mol. The Morgan fingerprint density at radius 1 is 1.25 bits per heavy atom. The molecule has 1 atom stereocenters. The molecule has 1 unspecified atom stereocenters. The molecule has 154 valence electrons. The van der Waals surface area contributed by atoms with E-state index in [2.05, 4.69) is 63.6 Å². The molecule has 1 saturated heterocycles. The van der Waals surface area contributed by atoms with Gasteiger partial charge in [0.1, 0.15) is 5.82 Å². The molecular weight excluding hydrogens is 481 g/mol. The predicted octanol–water partition coefficient (Wildman–Crippen LogP) is 4.36. The smallest absolute Gasteiger partial charge is 0.191 e. The molecule has 2 N–H and O–H groups in total. The van der Waals surface area contributed by atoms with Crippen LogP contribution >= 0.6 is 35.3 Å². The van der Waals surface area contributed by atoms with Gasteiger partial charge in [0.05, 0.1) is 0 Å². The summed E-state index contributed by atoms with van der Waals surface area (Å²) in [5.74, 6) is 1.94. The van der Waals surface area contributed by atoms with Gasteiger partial charge in [0.25, 0.3) is 0 Å². The third-order valence-electron chi connectivity index (χ3n) is 4.86. The summed E-state index contributed by atoms with van der Waals surface area (Å²) >= 11 is 1.86. The molecule has 1 fully saturated rings. The first-order valence-corrected chi connectivity index (χ1v) is 10.7. The highest BCUT2D eigenvalue weighted by Gasteiger charge is 2.12. The summed E-state index contributed by atoms with van der Waals surface area (Å²) < 4.78 is 0. The first kappa shape index (κ1) is 22.9. The highest BCUT2D eigenvalue weighted by Crippen LogP contribution is 2.18. The largest absolute Gasteiger partial charge is 0.357 e. The fraction of sp³-hybridized carbons (Fsp3) is 0.524. The van der Waals surface area contributed by atoms with Crippen LogP contribution in [0.2, 0.25) is 0 Å². The van der Waals surface area contributed by atoms with E-state index in [1.807, 2.05) is 24.6 Å². The minimum absolute atomic E-state index is 0. The molecule has 0 amide bonds. The van der Waals surface area contributed by atoms with Gasteiger partial charge in [0, 0.05) is 55.1 Å². The van der Waals surface area contributed by atoms with E-state index in [1.165, 1.54) is 34.6 Å². The van der Waals surface area contributed by atoms with Crippen molar-refractivity contribution in [1.82, 2.24) is 15.6 Å². The molecule has 0 radical (unpaired) electrons. The lowest BCUT2D eigenvalue weighted by atomic mass is 10.1. The van der Waals surface area contributed by atoms with Gasteiger partial charge in [0.15, 0.2) is 5.96 Å². The van der Waals surface area contributed by atoms with Crippen molar-refractivity contribution in [1.29, 1.82) is 0 Å². The number of hydrogen-bond acceptors (Lipinski definition) is 4. The summed E-state index contributed by atoms with van der Waals surface area (Å²) in [6.07, 6.45) is 6.79. The molecule has 1 aliphatic rings. The van der Waals surface area contributed by atoms with E-state index in [9.17, 15) is 0 Å². The van der Waals surface area contributed by atoms with Crippen LogP contribution < -0.4 is 15.5 Å². The number of halogens is 1. The molecule has 0 aromatic carbocycles. The lowest BCUT2D eigenvalue weighted by Crippen LogP contribution is -2.42. The van der Waals surface area contributed by atoms with Crippen LogP contribution in [0.3, 0.4) is 0 Å². The van der Waals surface area contributed by atoms with Crippen LogP contribution in [0.5, 0.6) is 0 Å². The van der Waals surface area contributed by atoms with Crippen molar-refractivity contribution in [3.05, 3.63) is 45.8 Å². The van der Waals surface area contributed by atoms with Crippen molar-refractivity contribution >= 4 is 47.1 Å². The third kappa shape index (κ3) is 6.92. The summed E-state index contributed by atoms with van der Waals surface area (Å²) in [7, 11) is 1.82. The zero-order valence-corrected chi connectivity index (χ0v) is 20.2. The van der Waals surface area contributed by atoms with Crippen LogP contribution in [-0.2, 0) is 13.0 Å². The van der Waals surface area contributed by atoms with Gasteiger partial charge in [-0.05, 0) is 62.9 Å². The highest BCUT2D eigenvalue weighted by molar-refractivity contribution is 14.0. The third-order valence-corrected chi connectivity index (χ3v) is 5.88. The monoisotopic (exact) mass is 513 g/mol. The number of aryl methyl sites for hydroxylation is 1. The topological polar surface area (TPSA) is 52.6 Å². The van der Waals surface area contributed by atoms with Crippen molar-refractivity contribution in [3.63, 3.8) is 0 Å². The number of nitrogens with one attached hydrogen (secondary N) is 2. The molecule has 28 heavy (non-hydrogen) atoms. The van der Waals surface area contributed by atoms with Crippen molar-refractivity contribution in [2.45, 2.75) is 52.1 Å². The highest BCUT2D eigenvalue weighted by atomic mass is 127. The van der Waals surface area contributed by atoms with Gasteiger partial charge in [-0.1, -0.05) is 0 Å². The number of thiophene rings is 1. The van der Waals surface area contributed by atoms with Gasteiger partial charge in [-0.15, -0.1) is 35.3 Å². The Kier molecular flexibility index (Phi) is 9.50. The standard InChI is InChI=1S/C21H31N5S.HI/c1-16(13-19-8-7-17(2)27-19)25-21(22-3)24-15-18-9-10-23-20(14-18)26-11-5-4-6-12-26;/h7-10,14,16H,4-6,11-13,15H2,1-3H3,(H2,22,24,25);1H. The zero-order chi connectivity index (χ0) is 19.1. The Morgan fingerprint density at radius 2 is 2.04 bits per heavy atom. The van der Waals surface area contributed by atoms with Crippen LogP contribution in [0, 0.1) is 6.92 Å². The fourth-order valence-electron chi connectivity index (χ4n) is 3.43. The molecular formula is C21H32IN5S. The summed E-state index contributed by atoms with van der Waals surface area (Å²) in [6.45, 7) is 7.33. The second kappa shape index (κ2) is 11.6. The number of guanidine groups is 1. The Hall–Kier alpha value is -1.35. The molecule has 0 bridgehead atoms. The summed E-state index contributed by atoms with van der Waals surface area (Å²) in [4.78, 5) is 14.1. The molecule has 2 aromatic rings. The van der Waals surface area contributed by atoms with Crippen LogP contribution in [0.25, 0.3) is 0 Å². The Balaban J connectivity index is 0.00000280. The van der Waals surface area contributed by atoms with Crippen LogP contribution in [0.15, 0.2) is 35.5 Å². The molecule has 0 spiro atoms. The lowest BCUT2D eigenvalue weighted by Gasteiger charge is -2.28. The average Bonchev–Trinajstić information content (AvgIpc) is 3.10. The number of rotatable bonds is 6. The number of anilines is 1. The van der Waals surface area contributed by atoms with Gasteiger partial charge >= 0.3 is 0 Å². The predicted molar refractivity (Wildman–Crippen MR) is 131 cm³/mol. The van der Waals surface area contributed by atoms with Gasteiger partial charge in [-0.3, -0.25) is 4.99 Å². The number of aliphatic imine (C=N–C) groups is 1. The molecule has 3 heterocycles. The molecule has 3 rings (SSSR count). The maximum absolute atomic E-state index is 4.56. The molecule has 0 saturated carbocycles. The summed E-state index contributed by atoms with van der Waals surface area (Å²) in [5, 5.41) is 6.93. The van der Waals surface area contributed by atoms with Crippen molar-refractivity contribution in [2.24, 2.45) is 4.99 Å². The molecule has 2 aromatic heterocycles. The molecule has 7 heteroatoms. The van der Waals surface area contributed by atoms with E-state index in [1.54, 1.807) is 0 Å². The maximum Gasteiger partial charge on any atom is 0.191 e. The van der Waals surface area contributed by atoms with Crippen LogP contribution in [0.1, 0.15) is 41.5 Å². The van der Waals surface area contributed by atoms with Gasteiger partial charge in [0.2, 0.25) is 0 Å². The number of piperidine rings is 1. The summed E-state index contributed by atoms with van der Waals surface area (Å²) in [5.41, 5.74) is 1.23.